The molecule has 0 saturated carbocycles. The van der Waals surface area contributed by atoms with Gasteiger partial charge >= 0.3 is 6.36 Å². The number of ether oxygens (including phenoxy) is 3. The summed E-state index contributed by atoms with van der Waals surface area (Å²) < 4.78 is 52.8. The number of carbonyl (C=O) groups excluding carboxylic acids is 2. The van der Waals surface area contributed by atoms with Crippen LogP contribution in [0.25, 0.3) is 0 Å². The molecule has 1 aromatic carbocycles. The van der Waals surface area contributed by atoms with E-state index in [2.05, 4.69) is 21.3 Å². The van der Waals surface area contributed by atoms with Crippen LogP contribution in [0.2, 0.25) is 0 Å². The maximum atomic E-state index is 13.3. The highest BCUT2D eigenvalue weighted by atomic mass is 19.4. The highest BCUT2D eigenvalue weighted by Crippen LogP contribution is 2.42. The van der Waals surface area contributed by atoms with Crippen molar-refractivity contribution < 1.29 is 37.0 Å². The molecule has 0 N–H and O–H groups in total. The summed E-state index contributed by atoms with van der Waals surface area (Å²) in [5, 5.41) is 0. The summed E-state index contributed by atoms with van der Waals surface area (Å²) in [6, 6.07) is 8.54. The molecule has 4 rings (SSSR count). The van der Waals surface area contributed by atoms with Crippen LogP contribution in [0.4, 0.5) is 13.2 Å². The number of likely N-dealkylation sites (tertiary alicyclic amines) is 1. The molecule has 1 amide bonds. The zero-order valence-electron chi connectivity index (χ0n) is 20.6. The number of fused-ring (bicyclic) bond motifs is 2. The number of amides is 1. The lowest BCUT2D eigenvalue weighted by molar-refractivity contribution is -0.325. The molecule has 0 atom stereocenters. The minimum atomic E-state index is -4.72. The number of methoxy groups -OCH3 is 1. The number of hydrogen-bond donors (Lipinski definition) is 0. The lowest BCUT2D eigenvalue weighted by atomic mass is 9.81. The largest absolute Gasteiger partial charge is 0.522 e. The first-order valence-electron chi connectivity index (χ1n) is 11.8. The van der Waals surface area contributed by atoms with Crippen molar-refractivity contribution >= 4 is 11.7 Å². The summed E-state index contributed by atoms with van der Waals surface area (Å²) >= 11 is 0. The number of ketones is 1. The second-order valence-electron chi connectivity index (χ2n) is 9.07. The van der Waals surface area contributed by atoms with Gasteiger partial charge < -0.3 is 18.9 Å². The minimum absolute atomic E-state index is 0.0443. The zero-order chi connectivity index (χ0) is 26.1. The summed E-state index contributed by atoms with van der Waals surface area (Å²) in [5.74, 6) is 0.363. The van der Waals surface area contributed by atoms with Crippen LogP contribution in [0.5, 0.6) is 11.5 Å². The standard InChI is InChI=1S/C25H30F3N3O5/c1-17(32)19-5-7-22-24(29(2)12-13-31(19)22)8-10-30(11-9-24)23(33)18-4-6-20(21(16-18)34-3)35-14-15-36-25(26,27)28/h4-7,16H,8-15H2,1-3H3. The molecule has 1 spiro atoms. The van der Waals surface area contributed by atoms with Crippen molar-refractivity contribution in [1.29, 1.82) is 0 Å². The number of Topliss-reactive ketones (excluding diaryl/α,β-unsaturated/α-hetero) is 1. The van der Waals surface area contributed by atoms with Gasteiger partial charge in [-0.15, -0.1) is 13.2 Å². The molecule has 0 unspecified atom stereocenters. The lowest BCUT2D eigenvalue weighted by Crippen LogP contribution is -2.56. The summed E-state index contributed by atoms with van der Waals surface area (Å²) in [4.78, 5) is 29.4. The van der Waals surface area contributed by atoms with Crippen molar-refractivity contribution in [2.24, 2.45) is 0 Å². The van der Waals surface area contributed by atoms with E-state index < -0.39 is 13.0 Å². The first-order chi connectivity index (χ1) is 17.1. The maximum absolute atomic E-state index is 13.3. The molecule has 1 aromatic heterocycles. The van der Waals surface area contributed by atoms with E-state index in [0.29, 0.717) is 18.7 Å². The van der Waals surface area contributed by atoms with Gasteiger partial charge in [0.2, 0.25) is 0 Å². The van der Waals surface area contributed by atoms with Crippen LogP contribution in [0, 0.1) is 0 Å². The Bertz CT molecular complexity index is 1120. The van der Waals surface area contributed by atoms with E-state index in [-0.39, 0.29) is 35.3 Å². The van der Waals surface area contributed by atoms with Crippen LogP contribution in [0.1, 0.15) is 46.3 Å². The summed E-state index contributed by atoms with van der Waals surface area (Å²) in [5.41, 5.74) is 2.00. The molecule has 1 saturated heterocycles. The smallest absolute Gasteiger partial charge is 0.493 e. The van der Waals surface area contributed by atoms with Gasteiger partial charge in [-0.25, -0.2) is 0 Å². The molecule has 3 heterocycles. The van der Waals surface area contributed by atoms with Crippen molar-refractivity contribution in [2.75, 3.05) is 47.0 Å². The third-order valence-corrected chi connectivity index (χ3v) is 7.10. The normalized spacial score (nSPS) is 17.7. The van der Waals surface area contributed by atoms with Gasteiger partial charge in [-0.1, -0.05) is 0 Å². The number of nitrogens with zero attached hydrogens (tertiary/aromatic N) is 3. The fourth-order valence-electron chi connectivity index (χ4n) is 5.21. The number of benzene rings is 1. The Kier molecular flexibility index (Phi) is 7.33. The average Bonchev–Trinajstić information content (AvgIpc) is 3.29. The monoisotopic (exact) mass is 509 g/mol. The Morgan fingerprint density at radius 3 is 2.36 bits per heavy atom. The van der Waals surface area contributed by atoms with Gasteiger partial charge in [0.15, 0.2) is 17.3 Å². The van der Waals surface area contributed by atoms with Gasteiger partial charge in [-0.2, -0.15) is 0 Å². The number of carbonyl (C=O) groups is 2. The van der Waals surface area contributed by atoms with Crippen LogP contribution < -0.4 is 9.47 Å². The van der Waals surface area contributed by atoms with E-state index in [1.54, 1.807) is 17.9 Å². The second kappa shape index (κ2) is 10.1. The Morgan fingerprint density at radius 2 is 1.72 bits per heavy atom. The van der Waals surface area contributed by atoms with Gasteiger partial charge in [0.25, 0.3) is 5.91 Å². The van der Waals surface area contributed by atoms with Crippen LogP contribution in [-0.4, -0.2) is 79.4 Å². The van der Waals surface area contributed by atoms with E-state index in [0.717, 1.165) is 37.3 Å². The van der Waals surface area contributed by atoms with E-state index >= 15 is 0 Å². The quantitative estimate of drug-likeness (QED) is 0.419. The van der Waals surface area contributed by atoms with Gasteiger partial charge in [-0.05, 0) is 50.2 Å². The topological polar surface area (TPSA) is 73.2 Å². The minimum Gasteiger partial charge on any atom is -0.493 e. The highest BCUT2D eigenvalue weighted by molar-refractivity contribution is 5.95. The molecule has 1 fully saturated rings. The van der Waals surface area contributed by atoms with Crippen molar-refractivity contribution in [3.63, 3.8) is 0 Å². The molecular formula is C25H30F3N3O5. The molecular weight excluding hydrogens is 479 g/mol. The van der Waals surface area contributed by atoms with Crippen molar-refractivity contribution in [1.82, 2.24) is 14.4 Å². The fourth-order valence-corrected chi connectivity index (χ4v) is 5.21. The third-order valence-electron chi connectivity index (χ3n) is 7.10. The highest BCUT2D eigenvalue weighted by Gasteiger charge is 2.45. The van der Waals surface area contributed by atoms with Crippen LogP contribution in [-0.2, 0) is 16.8 Å². The third kappa shape index (κ3) is 5.08. The van der Waals surface area contributed by atoms with E-state index in [1.165, 1.54) is 19.2 Å². The zero-order valence-corrected chi connectivity index (χ0v) is 20.6. The van der Waals surface area contributed by atoms with Crippen LogP contribution in [0.15, 0.2) is 30.3 Å². The van der Waals surface area contributed by atoms with Crippen LogP contribution in [0.3, 0.4) is 0 Å². The number of piperidine rings is 1. The van der Waals surface area contributed by atoms with Crippen LogP contribution >= 0.6 is 0 Å². The van der Waals surface area contributed by atoms with Crippen molar-refractivity contribution in [2.45, 2.75) is 38.2 Å². The second-order valence-corrected chi connectivity index (χ2v) is 9.07. The molecule has 2 aromatic rings. The van der Waals surface area contributed by atoms with E-state index in [1.807, 2.05) is 12.1 Å². The predicted molar refractivity (Wildman–Crippen MR) is 124 cm³/mol. The maximum Gasteiger partial charge on any atom is 0.522 e. The molecule has 0 aliphatic carbocycles. The van der Waals surface area contributed by atoms with Gasteiger partial charge in [0.05, 0.1) is 24.9 Å². The number of likely N-dealkylation sites (N-methyl/N-ethyl adjacent to an activating group) is 1. The van der Waals surface area contributed by atoms with Crippen molar-refractivity contribution in [3.05, 3.63) is 47.3 Å². The predicted octanol–water partition coefficient (Wildman–Crippen LogP) is 3.69. The molecule has 0 radical (unpaired) electrons. The number of halogens is 3. The summed E-state index contributed by atoms with van der Waals surface area (Å²) in [6.45, 7) is 3.26. The SMILES string of the molecule is COc1cc(C(=O)N2CCC3(CC2)c2ccc(C(C)=O)n2CCN3C)ccc1OCCOC(F)(F)F. The van der Waals surface area contributed by atoms with Crippen molar-refractivity contribution in [3.8, 4) is 11.5 Å². The average molecular weight is 510 g/mol. The molecule has 36 heavy (non-hydrogen) atoms. The fraction of sp³-hybridized carbons (Fsp3) is 0.520. The van der Waals surface area contributed by atoms with E-state index in [4.69, 9.17) is 9.47 Å². The van der Waals surface area contributed by atoms with Gasteiger partial charge in [-0.3, -0.25) is 19.2 Å². The Labute approximate surface area is 207 Å². The summed E-state index contributed by atoms with van der Waals surface area (Å²) in [7, 11) is 3.49. The first-order valence-corrected chi connectivity index (χ1v) is 11.8. The molecule has 196 valence electrons. The summed E-state index contributed by atoms with van der Waals surface area (Å²) in [6.07, 6.45) is -3.26. The Hall–Kier alpha value is -3.05. The number of alkyl halides is 3. The van der Waals surface area contributed by atoms with Gasteiger partial charge in [0, 0.05) is 44.4 Å². The molecule has 2 aliphatic rings. The first kappa shape index (κ1) is 26.0. The van der Waals surface area contributed by atoms with E-state index in [9.17, 15) is 22.8 Å². The Balaban J connectivity index is 1.43. The van der Waals surface area contributed by atoms with Gasteiger partial charge in [0.1, 0.15) is 6.61 Å². The molecule has 8 nitrogen and oxygen atoms in total. The number of rotatable bonds is 7. The molecule has 11 heteroatoms. The number of aromatic nitrogens is 1. The molecule has 2 aliphatic heterocycles. The number of hydrogen-bond acceptors (Lipinski definition) is 6. The lowest BCUT2D eigenvalue weighted by Gasteiger charge is -2.50. The molecule has 0 bridgehead atoms. The Morgan fingerprint density at radius 1 is 1.00 bits per heavy atom.